The molecule has 0 spiro atoms. The summed E-state index contributed by atoms with van der Waals surface area (Å²) in [5.74, 6) is 1.02. The molecule has 0 N–H and O–H groups in total. The van der Waals surface area contributed by atoms with Crippen LogP contribution in [0.25, 0.3) is 0 Å². The summed E-state index contributed by atoms with van der Waals surface area (Å²) in [5.41, 5.74) is 2.27. The first-order valence-electron chi connectivity index (χ1n) is 10.2. The van der Waals surface area contributed by atoms with Gasteiger partial charge in [0.15, 0.2) is 0 Å². The minimum absolute atomic E-state index is 0.212. The van der Waals surface area contributed by atoms with Crippen molar-refractivity contribution < 1.29 is 4.79 Å². The van der Waals surface area contributed by atoms with E-state index < -0.39 is 0 Å². The molecule has 1 aliphatic carbocycles. The van der Waals surface area contributed by atoms with E-state index in [9.17, 15) is 4.79 Å². The van der Waals surface area contributed by atoms with Gasteiger partial charge in [-0.25, -0.2) is 0 Å². The van der Waals surface area contributed by atoms with Gasteiger partial charge in [0.2, 0.25) is 5.91 Å². The van der Waals surface area contributed by atoms with Gasteiger partial charge in [-0.2, -0.15) is 0 Å². The summed E-state index contributed by atoms with van der Waals surface area (Å²) in [4.78, 5) is 15.3. The first-order chi connectivity index (χ1) is 13.0. The molecule has 1 fully saturated rings. The van der Waals surface area contributed by atoms with Gasteiger partial charge in [-0.3, -0.25) is 4.79 Å². The zero-order valence-electron chi connectivity index (χ0n) is 16.5. The number of amides is 1. The van der Waals surface area contributed by atoms with Crippen molar-refractivity contribution in [1.29, 1.82) is 0 Å². The Morgan fingerprint density at radius 2 is 1.89 bits per heavy atom. The molecule has 0 aliphatic heterocycles. The minimum atomic E-state index is 0.212. The van der Waals surface area contributed by atoms with Gasteiger partial charge in [0.1, 0.15) is 0 Å². The fourth-order valence-electron chi connectivity index (χ4n) is 4.03. The summed E-state index contributed by atoms with van der Waals surface area (Å²) in [6.45, 7) is 6.58. The Hall–Kier alpha value is -1.74. The molecule has 1 amide bonds. The first-order valence-corrected chi connectivity index (χ1v) is 10.6. The molecule has 3 nitrogen and oxygen atoms in total. The van der Waals surface area contributed by atoms with Crippen molar-refractivity contribution in [2.75, 3.05) is 6.54 Å². The molecule has 0 saturated heterocycles. The Kier molecular flexibility index (Phi) is 7.01. The Morgan fingerprint density at radius 3 is 2.59 bits per heavy atom. The van der Waals surface area contributed by atoms with Gasteiger partial charge in [0.05, 0.1) is 6.54 Å². The maximum Gasteiger partial charge on any atom is 0.226 e. The fraction of sp³-hybridized carbons (Fsp3) is 0.522. The highest BCUT2D eigenvalue weighted by atomic mass is 35.5. The molecular formula is C23H31ClN2O. The van der Waals surface area contributed by atoms with Crippen LogP contribution in [0.4, 0.5) is 0 Å². The van der Waals surface area contributed by atoms with Crippen molar-refractivity contribution in [2.24, 2.45) is 11.8 Å². The smallest absolute Gasteiger partial charge is 0.226 e. The summed E-state index contributed by atoms with van der Waals surface area (Å²) in [5, 5.41) is 0.787. The van der Waals surface area contributed by atoms with E-state index in [1.165, 1.54) is 25.0 Å². The molecule has 0 unspecified atom stereocenters. The van der Waals surface area contributed by atoms with E-state index in [1.54, 1.807) is 0 Å². The van der Waals surface area contributed by atoms with E-state index in [2.05, 4.69) is 47.7 Å². The highest BCUT2D eigenvalue weighted by Crippen LogP contribution is 2.27. The lowest BCUT2D eigenvalue weighted by molar-refractivity contribution is -0.137. The Labute approximate surface area is 168 Å². The van der Waals surface area contributed by atoms with Gasteiger partial charge >= 0.3 is 0 Å². The van der Waals surface area contributed by atoms with E-state index >= 15 is 0 Å². The van der Waals surface area contributed by atoms with Gasteiger partial charge in [-0.15, -0.1) is 0 Å². The van der Waals surface area contributed by atoms with Crippen LogP contribution >= 0.6 is 11.6 Å². The molecule has 1 saturated carbocycles. The maximum atomic E-state index is 13.2. The molecule has 3 rings (SSSR count). The molecule has 1 heterocycles. The average Bonchev–Trinajstić information content (AvgIpc) is 3.09. The molecule has 1 aromatic heterocycles. The number of aromatic nitrogens is 1. The topological polar surface area (TPSA) is 25.2 Å². The van der Waals surface area contributed by atoms with E-state index in [0.29, 0.717) is 18.4 Å². The first kappa shape index (κ1) is 20.0. The van der Waals surface area contributed by atoms with Gasteiger partial charge in [-0.1, -0.05) is 62.9 Å². The van der Waals surface area contributed by atoms with Crippen LogP contribution in [0, 0.1) is 11.8 Å². The largest absolute Gasteiger partial charge is 0.345 e. The van der Waals surface area contributed by atoms with Gasteiger partial charge in [-0.05, 0) is 42.5 Å². The van der Waals surface area contributed by atoms with Gasteiger partial charge < -0.3 is 9.47 Å². The second-order valence-corrected chi connectivity index (χ2v) is 8.57. The van der Waals surface area contributed by atoms with Crippen molar-refractivity contribution in [3.05, 3.63) is 58.9 Å². The maximum absolute atomic E-state index is 13.2. The van der Waals surface area contributed by atoms with Crippen molar-refractivity contribution in [1.82, 2.24) is 9.47 Å². The summed E-state index contributed by atoms with van der Waals surface area (Å²) in [7, 11) is 0. The van der Waals surface area contributed by atoms with Crippen LogP contribution in [0.2, 0.25) is 5.02 Å². The molecule has 4 heteroatoms. The summed E-state index contributed by atoms with van der Waals surface area (Å²) < 4.78 is 2.21. The summed E-state index contributed by atoms with van der Waals surface area (Å²) >= 11 is 6.34. The predicted octanol–water partition coefficient (Wildman–Crippen LogP) is 5.75. The molecule has 1 aromatic carbocycles. The molecule has 0 bridgehead atoms. The van der Waals surface area contributed by atoms with Crippen LogP contribution in [-0.2, 0) is 17.9 Å². The number of carbonyl (C=O) groups excluding carboxylic acids is 1. The zero-order valence-corrected chi connectivity index (χ0v) is 17.3. The van der Waals surface area contributed by atoms with E-state index in [4.69, 9.17) is 11.6 Å². The van der Waals surface area contributed by atoms with Gasteiger partial charge in [0.25, 0.3) is 0 Å². The Morgan fingerprint density at radius 1 is 1.15 bits per heavy atom. The lowest BCUT2D eigenvalue weighted by atomic mass is 9.88. The SMILES string of the molecule is CC(C)CN(Cc1cccn1Cc1ccccc1Cl)C(=O)C1CCCCC1. The normalized spacial score (nSPS) is 15.3. The number of nitrogens with zero attached hydrogens (tertiary/aromatic N) is 2. The summed E-state index contributed by atoms with van der Waals surface area (Å²) in [6, 6.07) is 12.1. The van der Waals surface area contributed by atoms with E-state index in [1.807, 2.05) is 18.2 Å². The molecule has 1 aliphatic rings. The summed E-state index contributed by atoms with van der Waals surface area (Å²) in [6.07, 6.45) is 7.83. The second-order valence-electron chi connectivity index (χ2n) is 8.17. The van der Waals surface area contributed by atoms with E-state index in [0.717, 1.165) is 36.5 Å². The van der Waals surface area contributed by atoms with Crippen LogP contribution in [0.3, 0.4) is 0 Å². The van der Waals surface area contributed by atoms with Crippen LogP contribution in [-0.4, -0.2) is 21.9 Å². The quantitative estimate of drug-likeness (QED) is 0.594. The third-order valence-corrected chi connectivity index (χ3v) is 5.80. The molecule has 0 radical (unpaired) electrons. The van der Waals surface area contributed by atoms with Crippen LogP contribution in [0.5, 0.6) is 0 Å². The van der Waals surface area contributed by atoms with Crippen molar-refractivity contribution in [2.45, 2.75) is 59.0 Å². The van der Waals surface area contributed by atoms with Crippen LogP contribution in [0.1, 0.15) is 57.2 Å². The second kappa shape index (κ2) is 9.45. The predicted molar refractivity (Wildman–Crippen MR) is 112 cm³/mol. The average molecular weight is 387 g/mol. The van der Waals surface area contributed by atoms with Crippen molar-refractivity contribution >= 4 is 17.5 Å². The third-order valence-electron chi connectivity index (χ3n) is 5.43. The monoisotopic (exact) mass is 386 g/mol. The number of carbonyl (C=O) groups is 1. The highest BCUT2D eigenvalue weighted by molar-refractivity contribution is 6.31. The van der Waals surface area contributed by atoms with Crippen molar-refractivity contribution in [3.63, 3.8) is 0 Å². The number of benzene rings is 1. The fourth-order valence-corrected chi connectivity index (χ4v) is 4.23. The van der Waals surface area contributed by atoms with E-state index in [-0.39, 0.29) is 5.92 Å². The van der Waals surface area contributed by atoms with Crippen LogP contribution < -0.4 is 0 Å². The Bertz CT molecular complexity index is 746. The van der Waals surface area contributed by atoms with Gasteiger partial charge in [0, 0.05) is 35.9 Å². The van der Waals surface area contributed by atoms with Crippen LogP contribution in [0.15, 0.2) is 42.6 Å². The number of rotatable bonds is 7. The van der Waals surface area contributed by atoms with Crippen molar-refractivity contribution in [3.8, 4) is 0 Å². The Balaban J connectivity index is 1.75. The molecule has 2 aromatic rings. The number of hydrogen-bond acceptors (Lipinski definition) is 1. The molecule has 27 heavy (non-hydrogen) atoms. The number of hydrogen-bond donors (Lipinski definition) is 0. The minimum Gasteiger partial charge on any atom is -0.345 e. The lowest BCUT2D eigenvalue weighted by Crippen LogP contribution is -2.39. The third kappa shape index (κ3) is 5.38. The zero-order chi connectivity index (χ0) is 19.2. The molecule has 146 valence electrons. The lowest BCUT2D eigenvalue weighted by Gasteiger charge is -2.31. The standard InChI is InChI=1S/C23H31ClN2O/c1-18(2)15-26(23(27)19-9-4-3-5-10-19)17-21-12-8-14-25(21)16-20-11-6-7-13-22(20)24/h6-8,11-14,18-19H,3-5,9-10,15-17H2,1-2H3. The number of halogens is 1. The highest BCUT2D eigenvalue weighted by Gasteiger charge is 2.27. The molecule has 0 atom stereocenters. The molecular weight excluding hydrogens is 356 g/mol.